The van der Waals surface area contributed by atoms with E-state index in [1.54, 1.807) is 12.3 Å². The third-order valence-electron chi connectivity index (χ3n) is 7.41. The van der Waals surface area contributed by atoms with Crippen LogP contribution in [0.25, 0.3) is 66.4 Å². The van der Waals surface area contributed by atoms with Crippen LogP contribution in [0.5, 0.6) is 0 Å². The summed E-state index contributed by atoms with van der Waals surface area (Å²) in [6, 6.07) is 45.2. The Morgan fingerprint density at radius 2 is 1.48 bits per heavy atom. The van der Waals surface area contributed by atoms with Gasteiger partial charge in [-0.1, -0.05) is 71.6 Å². The molecule has 0 amide bonds. The Morgan fingerprint density at radius 3 is 2.25 bits per heavy atom. The van der Waals surface area contributed by atoms with Gasteiger partial charge in [-0.25, -0.2) is 4.39 Å². The number of hydrogen-bond donors (Lipinski definition) is 0. The molecule has 0 fully saturated rings. The van der Waals surface area contributed by atoms with E-state index in [1.807, 2.05) is 116 Å². The van der Waals surface area contributed by atoms with Gasteiger partial charge in [0, 0.05) is 37.9 Å². The number of pyridine rings is 2. The molecule has 5 heteroatoms. The zero-order chi connectivity index (χ0) is 29.2. The van der Waals surface area contributed by atoms with Crippen LogP contribution in [0.1, 0.15) is 5.56 Å². The first-order valence-electron chi connectivity index (χ1n) is 14.0. The maximum absolute atomic E-state index is 15.1. The van der Waals surface area contributed by atoms with E-state index < -0.39 is 0 Å². The number of furan rings is 1. The van der Waals surface area contributed by atoms with E-state index in [1.165, 1.54) is 11.6 Å². The normalized spacial score (nSPS) is 10.8. The molecule has 0 atom stereocenters. The summed E-state index contributed by atoms with van der Waals surface area (Å²) < 4.78 is 21.4. The van der Waals surface area contributed by atoms with Crippen molar-refractivity contribution in [2.24, 2.45) is 0 Å². The molecule has 0 bridgehead atoms. The van der Waals surface area contributed by atoms with Crippen molar-refractivity contribution in [1.82, 2.24) is 9.97 Å². The predicted molar refractivity (Wildman–Crippen MR) is 172 cm³/mol. The van der Waals surface area contributed by atoms with Gasteiger partial charge in [0.15, 0.2) is 0 Å². The van der Waals surface area contributed by atoms with Gasteiger partial charge in [-0.2, -0.15) is 0 Å². The Balaban J connectivity index is 0.000000207. The molecule has 8 rings (SSSR count). The molecule has 0 unspecified atom stereocenters. The molecular weight excluding hydrogens is 724 g/mol. The molecule has 0 N–H and O–H groups in total. The van der Waals surface area contributed by atoms with Gasteiger partial charge in [-0.05, 0) is 64.5 Å². The monoisotopic (exact) mass is 749 g/mol. The standard InChI is InChI=1S/C27H15FNO.C12H10N.Ir/c28-23-14-13-21-20-8-5-9-22(24-10-3-4-15-29-24)26(20)30-27(21)25(23)19-12-11-17-6-1-2-7-18(17)16-19;1-10-7-8-12(13-9-10)11-5-3-2-4-6-11;/h1-8,10-16H;2-5,7-9H,1H3;/q2*-1;. The van der Waals surface area contributed by atoms with E-state index in [0.717, 1.165) is 49.6 Å². The molecule has 215 valence electrons. The number of hydrogen-bond acceptors (Lipinski definition) is 3. The summed E-state index contributed by atoms with van der Waals surface area (Å²) in [6.07, 6.45) is 3.61. The van der Waals surface area contributed by atoms with Crippen LogP contribution in [0.3, 0.4) is 0 Å². The maximum atomic E-state index is 15.1. The van der Waals surface area contributed by atoms with E-state index in [2.05, 4.69) is 28.2 Å². The first-order chi connectivity index (χ1) is 21.2. The van der Waals surface area contributed by atoms with E-state index in [9.17, 15) is 0 Å². The van der Waals surface area contributed by atoms with Crippen LogP contribution in [0.2, 0.25) is 0 Å². The zero-order valence-corrected chi connectivity index (χ0v) is 26.1. The average Bonchev–Trinajstić information content (AvgIpc) is 3.45. The van der Waals surface area contributed by atoms with Crippen molar-refractivity contribution < 1.29 is 28.9 Å². The minimum absolute atomic E-state index is 0. The van der Waals surface area contributed by atoms with Gasteiger partial charge >= 0.3 is 0 Å². The van der Waals surface area contributed by atoms with E-state index in [0.29, 0.717) is 16.7 Å². The van der Waals surface area contributed by atoms with Gasteiger partial charge in [0.25, 0.3) is 0 Å². The topological polar surface area (TPSA) is 38.9 Å². The van der Waals surface area contributed by atoms with Crippen molar-refractivity contribution in [3.05, 3.63) is 157 Å². The van der Waals surface area contributed by atoms with Gasteiger partial charge in [0.1, 0.15) is 11.4 Å². The van der Waals surface area contributed by atoms with Crippen molar-refractivity contribution in [3.63, 3.8) is 0 Å². The molecule has 8 aromatic rings. The summed E-state index contributed by atoms with van der Waals surface area (Å²) in [7, 11) is 0. The molecule has 5 aromatic carbocycles. The molecular formula is C39H25FIrN2O-2. The Bertz CT molecular complexity index is 2190. The summed E-state index contributed by atoms with van der Waals surface area (Å²) >= 11 is 0. The second kappa shape index (κ2) is 12.7. The largest absolute Gasteiger partial charge is 0.500 e. The van der Waals surface area contributed by atoms with E-state index in [-0.39, 0.29) is 25.9 Å². The smallest absolute Gasteiger partial charge is 0.134 e. The van der Waals surface area contributed by atoms with Crippen molar-refractivity contribution in [2.45, 2.75) is 6.92 Å². The first kappa shape index (κ1) is 29.1. The Kier molecular flexibility index (Phi) is 8.42. The van der Waals surface area contributed by atoms with Crippen LogP contribution in [-0.2, 0) is 20.1 Å². The maximum Gasteiger partial charge on any atom is 0.134 e. The summed E-state index contributed by atoms with van der Waals surface area (Å²) in [5.41, 5.74) is 7.22. The minimum Gasteiger partial charge on any atom is -0.500 e. The molecule has 0 spiro atoms. The predicted octanol–water partition coefficient (Wildman–Crippen LogP) is 10.3. The number of halogens is 1. The third-order valence-corrected chi connectivity index (χ3v) is 7.41. The average molecular weight is 749 g/mol. The third kappa shape index (κ3) is 5.68. The fraction of sp³-hybridized carbons (Fsp3) is 0.0256. The SMILES string of the molecule is Cc1ccc(-c2[c-]cccc2)nc1.Fc1ccc2c(oc3c(-c4ccccn4)[c-]ccc32)c1-c1ccc2ccccc2c1.[Ir]. The number of fused-ring (bicyclic) bond motifs is 4. The second-order valence-electron chi connectivity index (χ2n) is 10.3. The molecule has 0 saturated carbocycles. The number of nitrogens with zero attached hydrogens (tertiary/aromatic N) is 2. The molecule has 0 aliphatic rings. The summed E-state index contributed by atoms with van der Waals surface area (Å²) in [5, 5.41) is 3.97. The fourth-order valence-electron chi connectivity index (χ4n) is 5.28. The Labute approximate surface area is 268 Å². The molecule has 3 nitrogen and oxygen atoms in total. The molecule has 44 heavy (non-hydrogen) atoms. The minimum atomic E-state index is -0.305. The number of aryl methyl sites for hydroxylation is 1. The molecule has 0 aliphatic carbocycles. The van der Waals surface area contributed by atoms with Crippen LogP contribution in [0.15, 0.2) is 138 Å². The van der Waals surface area contributed by atoms with Crippen LogP contribution >= 0.6 is 0 Å². The summed E-state index contributed by atoms with van der Waals surface area (Å²) in [4.78, 5) is 8.75. The molecule has 0 saturated heterocycles. The molecule has 0 aliphatic heterocycles. The van der Waals surface area contributed by atoms with Crippen molar-refractivity contribution in [2.75, 3.05) is 0 Å². The van der Waals surface area contributed by atoms with Gasteiger partial charge in [0.2, 0.25) is 0 Å². The van der Waals surface area contributed by atoms with Gasteiger partial charge < -0.3 is 14.4 Å². The number of rotatable bonds is 3. The van der Waals surface area contributed by atoms with Crippen molar-refractivity contribution in [1.29, 1.82) is 0 Å². The quantitative estimate of drug-likeness (QED) is 0.169. The molecule has 3 heterocycles. The fourth-order valence-corrected chi connectivity index (χ4v) is 5.28. The summed E-state index contributed by atoms with van der Waals surface area (Å²) in [6.45, 7) is 2.03. The first-order valence-corrected chi connectivity index (χ1v) is 14.0. The Morgan fingerprint density at radius 1 is 0.659 bits per heavy atom. The number of aromatic nitrogens is 2. The van der Waals surface area contributed by atoms with Crippen molar-refractivity contribution in [3.8, 4) is 33.6 Å². The van der Waals surface area contributed by atoms with Crippen LogP contribution < -0.4 is 0 Å². The van der Waals surface area contributed by atoms with Crippen LogP contribution in [0.4, 0.5) is 4.39 Å². The second-order valence-corrected chi connectivity index (χ2v) is 10.3. The Hall–Kier alpha value is -4.96. The summed E-state index contributed by atoms with van der Waals surface area (Å²) in [5.74, 6) is -0.305. The number of benzene rings is 5. The zero-order valence-electron chi connectivity index (χ0n) is 23.7. The molecule has 1 radical (unpaired) electrons. The van der Waals surface area contributed by atoms with Gasteiger partial charge in [-0.3, -0.25) is 0 Å². The van der Waals surface area contributed by atoms with Gasteiger partial charge in [-0.15, -0.1) is 54.1 Å². The van der Waals surface area contributed by atoms with Crippen LogP contribution in [-0.4, -0.2) is 9.97 Å². The molecule has 3 aromatic heterocycles. The van der Waals surface area contributed by atoms with E-state index >= 15 is 4.39 Å². The van der Waals surface area contributed by atoms with Gasteiger partial charge in [0.05, 0.1) is 11.1 Å². The van der Waals surface area contributed by atoms with Crippen molar-refractivity contribution >= 4 is 32.7 Å². The van der Waals surface area contributed by atoms with Crippen LogP contribution in [0, 0.1) is 24.9 Å². The van der Waals surface area contributed by atoms with E-state index in [4.69, 9.17) is 4.42 Å².